The molecule has 0 amide bonds. The first kappa shape index (κ1) is 56.2. The Morgan fingerprint density at radius 1 is 0.267 bits per heavy atom. The molecule has 0 aliphatic heterocycles. The largest absolute Gasteiger partial charge is 4.00 e. The van der Waals surface area contributed by atoms with E-state index in [1.807, 2.05) is 0 Å². The molecule has 0 rings (SSSR count). The molecular formula is CrN7O21Zr. The monoisotopic (exact) mass is 576 g/mol. The van der Waals surface area contributed by atoms with Gasteiger partial charge >= 0.3 is 43.6 Å². The predicted molar refractivity (Wildman–Crippen MR) is 72.5 cm³/mol. The molecule has 0 fully saturated rings. The molecule has 171 valence electrons. The zero-order chi connectivity index (χ0) is 25.0. The van der Waals surface area contributed by atoms with Crippen molar-refractivity contribution >= 4 is 0 Å². The second kappa shape index (κ2) is 49.8. The van der Waals surface area contributed by atoms with Gasteiger partial charge in [-0.2, -0.15) is 0 Å². The third-order valence-corrected chi connectivity index (χ3v) is 0. The Morgan fingerprint density at radius 2 is 0.267 bits per heavy atom. The van der Waals surface area contributed by atoms with E-state index in [-0.39, 0.29) is 43.6 Å². The third kappa shape index (κ3) is 708. The molecule has 0 bridgehead atoms. The van der Waals surface area contributed by atoms with Crippen LogP contribution in [0.25, 0.3) is 0 Å². The predicted octanol–water partition coefficient (Wildman–Crippen LogP) is -1.68. The first-order valence-electron chi connectivity index (χ1n) is 3.83. The van der Waals surface area contributed by atoms with Gasteiger partial charge in [-0.1, -0.05) is 0 Å². The summed E-state index contributed by atoms with van der Waals surface area (Å²) in [6, 6.07) is 0. The molecule has 0 aromatic heterocycles. The van der Waals surface area contributed by atoms with Gasteiger partial charge in [0, 0.05) is 0 Å². The molecule has 0 aromatic carbocycles. The van der Waals surface area contributed by atoms with Crippen LogP contribution < -0.4 is 0 Å². The van der Waals surface area contributed by atoms with E-state index in [4.69, 9.17) is 107 Å². The van der Waals surface area contributed by atoms with E-state index in [1.54, 1.807) is 0 Å². The van der Waals surface area contributed by atoms with Crippen molar-refractivity contribution in [3.05, 3.63) is 107 Å². The minimum atomic E-state index is -1.75. The molecule has 0 saturated carbocycles. The van der Waals surface area contributed by atoms with Gasteiger partial charge in [0.2, 0.25) is 0 Å². The van der Waals surface area contributed by atoms with Crippen LogP contribution in [0.5, 0.6) is 0 Å². The average molecular weight is 577 g/mol. The molecule has 0 saturated heterocycles. The number of hydrogen-bond donors (Lipinski definition) is 0. The van der Waals surface area contributed by atoms with E-state index >= 15 is 0 Å². The Morgan fingerprint density at radius 3 is 0.267 bits per heavy atom. The van der Waals surface area contributed by atoms with Crippen molar-refractivity contribution in [1.29, 1.82) is 0 Å². The Bertz CT molecular complexity index is 314. The number of rotatable bonds is 0. The molecule has 30 heavy (non-hydrogen) atoms. The zero-order valence-corrected chi connectivity index (χ0v) is 16.3. The van der Waals surface area contributed by atoms with Crippen molar-refractivity contribution in [1.82, 2.24) is 0 Å². The third-order valence-electron chi connectivity index (χ3n) is 0. The Hall–Kier alpha value is -4.18. The van der Waals surface area contributed by atoms with E-state index in [9.17, 15) is 0 Å². The first-order chi connectivity index (χ1) is 12.1. The standard InChI is InChI=1S/Cr.7NO3.Zr/c;7*2-1(3)4;/q+3;7*-1;+4. The maximum absolute atomic E-state index is 8.25. The van der Waals surface area contributed by atoms with Crippen LogP contribution in [-0.4, -0.2) is 35.6 Å². The van der Waals surface area contributed by atoms with Crippen LogP contribution in [0.15, 0.2) is 0 Å². The van der Waals surface area contributed by atoms with Crippen molar-refractivity contribution in [3.8, 4) is 0 Å². The number of nitrogens with zero attached hydrogens (tertiary/aromatic N) is 7. The summed E-state index contributed by atoms with van der Waals surface area (Å²) in [5, 5.41) is 103. The van der Waals surface area contributed by atoms with Gasteiger partial charge < -0.3 is 107 Å². The van der Waals surface area contributed by atoms with Crippen LogP contribution in [0.3, 0.4) is 0 Å². The van der Waals surface area contributed by atoms with E-state index in [0.29, 0.717) is 0 Å². The molecule has 0 N–H and O–H groups in total. The van der Waals surface area contributed by atoms with Gasteiger partial charge in [0.05, 0.1) is 35.6 Å². The van der Waals surface area contributed by atoms with Crippen LogP contribution >= 0.6 is 0 Å². The summed E-state index contributed by atoms with van der Waals surface area (Å²) in [7, 11) is 0. The molecule has 0 heterocycles. The smallest absolute Gasteiger partial charge is 0.356 e. The molecule has 0 aliphatic rings. The fourth-order valence-electron chi connectivity index (χ4n) is 0. The van der Waals surface area contributed by atoms with Gasteiger partial charge in [0.1, 0.15) is 0 Å². The molecule has 28 nitrogen and oxygen atoms in total. The molecular weight excluding hydrogens is 577 g/mol. The normalized spacial score (nSPS) is 5.60. The van der Waals surface area contributed by atoms with Crippen molar-refractivity contribution in [2.24, 2.45) is 0 Å². The van der Waals surface area contributed by atoms with E-state index in [0.717, 1.165) is 0 Å². The zero-order valence-electron chi connectivity index (χ0n) is 12.6. The summed E-state index contributed by atoms with van der Waals surface area (Å²) in [6.45, 7) is 0. The first-order valence-corrected chi connectivity index (χ1v) is 3.83. The molecule has 0 aromatic rings. The maximum atomic E-state index is 8.25. The van der Waals surface area contributed by atoms with Crippen LogP contribution in [0, 0.1) is 107 Å². The second-order valence-electron chi connectivity index (χ2n) is 1.57. The summed E-state index contributed by atoms with van der Waals surface area (Å²) >= 11 is 0. The fourth-order valence-corrected chi connectivity index (χ4v) is 0. The van der Waals surface area contributed by atoms with E-state index in [1.165, 1.54) is 0 Å². The van der Waals surface area contributed by atoms with E-state index in [2.05, 4.69) is 0 Å². The Kier molecular flexibility index (Phi) is 93.3. The van der Waals surface area contributed by atoms with Crippen LogP contribution in [0.2, 0.25) is 0 Å². The maximum Gasteiger partial charge on any atom is 4.00 e. The molecule has 0 atom stereocenters. The summed E-state index contributed by atoms with van der Waals surface area (Å²) < 4.78 is 0. The second-order valence-corrected chi connectivity index (χ2v) is 1.57. The van der Waals surface area contributed by atoms with Crippen LogP contribution in [-0.2, 0) is 43.6 Å². The minimum Gasteiger partial charge on any atom is -0.356 e. The van der Waals surface area contributed by atoms with Gasteiger partial charge in [0.25, 0.3) is 0 Å². The van der Waals surface area contributed by atoms with Gasteiger partial charge in [-0.15, -0.1) is 0 Å². The Balaban J connectivity index is -0.0000000242. The van der Waals surface area contributed by atoms with Crippen molar-refractivity contribution in [3.63, 3.8) is 0 Å². The molecule has 30 heteroatoms. The quantitative estimate of drug-likeness (QED) is 0.229. The summed E-state index contributed by atoms with van der Waals surface area (Å²) in [5.74, 6) is 0. The fraction of sp³-hybridized carbons (Fsp3) is 0. The summed E-state index contributed by atoms with van der Waals surface area (Å²) in [6.07, 6.45) is 0. The van der Waals surface area contributed by atoms with Crippen molar-refractivity contribution < 1.29 is 79.2 Å². The summed E-state index contributed by atoms with van der Waals surface area (Å²) in [5.41, 5.74) is 0. The number of hydrogen-bond acceptors (Lipinski definition) is 21. The van der Waals surface area contributed by atoms with E-state index < -0.39 is 35.6 Å². The van der Waals surface area contributed by atoms with Crippen molar-refractivity contribution in [2.75, 3.05) is 0 Å². The molecule has 1 radical (unpaired) electrons. The van der Waals surface area contributed by atoms with Crippen LogP contribution in [0.1, 0.15) is 0 Å². The molecule has 0 spiro atoms. The van der Waals surface area contributed by atoms with Crippen molar-refractivity contribution in [2.45, 2.75) is 0 Å². The molecule has 0 aliphatic carbocycles. The van der Waals surface area contributed by atoms with Gasteiger partial charge in [-0.25, -0.2) is 0 Å². The van der Waals surface area contributed by atoms with Crippen LogP contribution in [0.4, 0.5) is 0 Å². The summed E-state index contributed by atoms with van der Waals surface area (Å²) in [4.78, 5) is 57.8. The average Bonchev–Trinajstić information content (AvgIpc) is 2.20. The topological polar surface area (TPSA) is 463 Å². The SMILES string of the molecule is O=[N+]([O-])[O-].O=[N+]([O-])[O-].O=[N+]([O-])[O-].O=[N+]([O-])[O-].O=[N+]([O-])[O-].O=[N+]([O-])[O-].O=[N+]([O-])[O-].[Cr+3].[Zr+4]. The molecule has 0 unspecified atom stereocenters. The van der Waals surface area contributed by atoms with Gasteiger partial charge in [-0.3, -0.25) is 0 Å². The van der Waals surface area contributed by atoms with Gasteiger partial charge in [-0.05, 0) is 0 Å². The van der Waals surface area contributed by atoms with Gasteiger partial charge in [0.15, 0.2) is 0 Å². The minimum absolute atomic E-state index is 0. The Labute approximate surface area is 186 Å².